The highest BCUT2D eigenvalue weighted by atomic mass is 16.5. The van der Waals surface area contributed by atoms with E-state index in [2.05, 4.69) is 15.8 Å². The summed E-state index contributed by atoms with van der Waals surface area (Å²) in [5.74, 6) is 0.635. The monoisotopic (exact) mass is 341 g/mol. The molecule has 0 aromatic heterocycles. The summed E-state index contributed by atoms with van der Waals surface area (Å²) in [5.41, 5.74) is 4.05. The SMILES string of the molecule is COc1ccc(/C=N/NC(=O)c2cccc(NC(C)=O)c2)c(OC)c1. The van der Waals surface area contributed by atoms with E-state index in [0.717, 1.165) is 0 Å². The van der Waals surface area contributed by atoms with Gasteiger partial charge in [-0.3, -0.25) is 9.59 Å². The van der Waals surface area contributed by atoms with Crippen LogP contribution in [0.1, 0.15) is 22.8 Å². The highest BCUT2D eigenvalue weighted by Crippen LogP contribution is 2.23. The lowest BCUT2D eigenvalue weighted by Gasteiger charge is -2.07. The van der Waals surface area contributed by atoms with Gasteiger partial charge in [-0.15, -0.1) is 0 Å². The standard InChI is InChI=1S/C18H19N3O4/c1-12(22)20-15-6-4-5-13(9-15)18(23)21-19-11-14-7-8-16(24-2)10-17(14)25-3/h4-11H,1-3H3,(H,20,22)(H,21,23)/b19-11+. The highest BCUT2D eigenvalue weighted by molar-refractivity contribution is 5.97. The topological polar surface area (TPSA) is 89.0 Å². The molecule has 2 aromatic rings. The Morgan fingerprint density at radius 1 is 1.08 bits per heavy atom. The van der Waals surface area contributed by atoms with Gasteiger partial charge >= 0.3 is 0 Å². The Hall–Kier alpha value is -3.35. The molecule has 0 heterocycles. The molecule has 0 atom stereocenters. The first-order valence-electron chi connectivity index (χ1n) is 7.46. The lowest BCUT2D eigenvalue weighted by atomic mass is 10.2. The maximum absolute atomic E-state index is 12.1. The van der Waals surface area contributed by atoms with Crippen molar-refractivity contribution in [2.75, 3.05) is 19.5 Å². The van der Waals surface area contributed by atoms with Crippen molar-refractivity contribution in [2.24, 2.45) is 5.10 Å². The molecule has 0 aliphatic rings. The summed E-state index contributed by atoms with van der Waals surface area (Å²) in [6.07, 6.45) is 1.48. The Labute approximate surface area is 145 Å². The van der Waals surface area contributed by atoms with E-state index in [0.29, 0.717) is 28.3 Å². The van der Waals surface area contributed by atoms with Crippen molar-refractivity contribution >= 4 is 23.7 Å². The van der Waals surface area contributed by atoms with Crippen molar-refractivity contribution in [2.45, 2.75) is 6.92 Å². The van der Waals surface area contributed by atoms with Gasteiger partial charge in [0.1, 0.15) is 11.5 Å². The van der Waals surface area contributed by atoms with E-state index in [4.69, 9.17) is 9.47 Å². The molecule has 25 heavy (non-hydrogen) atoms. The molecule has 2 aromatic carbocycles. The molecule has 0 aliphatic heterocycles. The molecule has 7 nitrogen and oxygen atoms in total. The Kier molecular flexibility index (Phi) is 6.11. The fraction of sp³-hybridized carbons (Fsp3) is 0.167. The number of hydrogen-bond donors (Lipinski definition) is 2. The number of hydrazone groups is 1. The molecule has 0 fully saturated rings. The summed E-state index contributed by atoms with van der Waals surface area (Å²) in [4.78, 5) is 23.2. The van der Waals surface area contributed by atoms with Gasteiger partial charge in [0, 0.05) is 29.8 Å². The lowest BCUT2D eigenvalue weighted by molar-refractivity contribution is -0.114. The minimum atomic E-state index is -0.393. The Balaban J connectivity index is 2.07. The number of carbonyl (C=O) groups excluding carboxylic acids is 2. The van der Waals surface area contributed by atoms with Gasteiger partial charge in [0.15, 0.2) is 0 Å². The van der Waals surface area contributed by atoms with Crippen LogP contribution in [0.3, 0.4) is 0 Å². The van der Waals surface area contributed by atoms with E-state index in [1.54, 1.807) is 49.6 Å². The largest absolute Gasteiger partial charge is 0.497 e. The summed E-state index contributed by atoms with van der Waals surface area (Å²) in [5, 5.41) is 6.56. The number of benzene rings is 2. The molecular weight excluding hydrogens is 322 g/mol. The number of methoxy groups -OCH3 is 2. The molecule has 0 saturated heterocycles. The van der Waals surface area contributed by atoms with E-state index in [-0.39, 0.29) is 5.91 Å². The summed E-state index contributed by atoms with van der Waals surface area (Å²) in [7, 11) is 3.11. The first-order chi connectivity index (χ1) is 12.0. The zero-order valence-corrected chi connectivity index (χ0v) is 14.2. The predicted octanol–water partition coefficient (Wildman–Crippen LogP) is 2.43. The number of anilines is 1. The van der Waals surface area contributed by atoms with Crippen LogP contribution in [0.15, 0.2) is 47.6 Å². The minimum absolute atomic E-state index is 0.206. The summed E-state index contributed by atoms with van der Waals surface area (Å²) < 4.78 is 10.4. The van der Waals surface area contributed by atoms with E-state index in [1.807, 2.05) is 0 Å². The van der Waals surface area contributed by atoms with Crippen LogP contribution in [0.5, 0.6) is 11.5 Å². The van der Waals surface area contributed by atoms with E-state index >= 15 is 0 Å². The van der Waals surface area contributed by atoms with Crippen molar-refractivity contribution < 1.29 is 19.1 Å². The highest BCUT2D eigenvalue weighted by Gasteiger charge is 2.06. The van der Waals surface area contributed by atoms with Crippen LogP contribution in [0, 0.1) is 0 Å². The number of nitrogens with one attached hydrogen (secondary N) is 2. The first-order valence-corrected chi connectivity index (χ1v) is 7.46. The van der Waals surface area contributed by atoms with Gasteiger partial charge in [-0.2, -0.15) is 5.10 Å². The molecule has 0 unspecified atom stereocenters. The number of nitrogens with zero attached hydrogens (tertiary/aromatic N) is 1. The third-order valence-corrected chi connectivity index (χ3v) is 3.26. The van der Waals surface area contributed by atoms with Crippen molar-refractivity contribution in [1.82, 2.24) is 5.43 Å². The Bertz CT molecular complexity index is 803. The average Bonchev–Trinajstić information content (AvgIpc) is 2.61. The quantitative estimate of drug-likeness (QED) is 0.624. The Morgan fingerprint density at radius 2 is 1.88 bits per heavy atom. The van der Waals surface area contributed by atoms with Gasteiger partial charge in [0.25, 0.3) is 5.91 Å². The number of rotatable bonds is 6. The molecule has 2 N–H and O–H groups in total. The van der Waals surface area contributed by atoms with Crippen LogP contribution < -0.4 is 20.2 Å². The lowest BCUT2D eigenvalue weighted by Crippen LogP contribution is -2.18. The molecule has 0 saturated carbocycles. The molecule has 0 bridgehead atoms. The van der Waals surface area contributed by atoms with Gasteiger partial charge in [-0.25, -0.2) is 5.43 Å². The minimum Gasteiger partial charge on any atom is -0.497 e. The average molecular weight is 341 g/mol. The third kappa shape index (κ3) is 5.07. The van der Waals surface area contributed by atoms with Gasteiger partial charge in [-0.1, -0.05) is 6.07 Å². The summed E-state index contributed by atoms with van der Waals surface area (Å²) >= 11 is 0. The maximum atomic E-state index is 12.1. The van der Waals surface area contributed by atoms with Gasteiger partial charge in [0.2, 0.25) is 5.91 Å². The van der Waals surface area contributed by atoms with Crippen molar-refractivity contribution in [3.8, 4) is 11.5 Å². The molecule has 0 radical (unpaired) electrons. The van der Waals surface area contributed by atoms with Gasteiger partial charge in [-0.05, 0) is 30.3 Å². The van der Waals surface area contributed by atoms with Crippen LogP contribution in [-0.4, -0.2) is 32.2 Å². The second-order valence-electron chi connectivity index (χ2n) is 5.07. The fourth-order valence-corrected chi connectivity index (χ4v) is 2.09. The Morgan fingerprint density at radius 3 is 2.56 bits per heavy atom. The van der Waals surface area contributed by atoms with Crippen LogP contribution in [0.2, 0.25) is 0 Å². The molecule has 130 valence electrons. The number of hydrogen-bond acceptors (Lipinski definition) is 5. The molecule has 2 rings (SSSR count). The van der Waals surface area contributed by atoms with Gasteiger partial charge < -0.3 is 14.8 Å². The second kappa shape index (κ2) is 8.49. The molecule has 0 aliphatic carbocycles. The maximum Gasteiger partial charge on any atom is 0.271 e. The van der Waals surface area contributed by atoms with Crippen LogP contribution in [0.25, 0.3) is 0 Å². The molecule has 7 heteroatoms. The van der Waals surface area contributed by atoms with Crippen molar-refractivity contribution in [3.63, 3.8) is 0 Å². The van der Waals surface area contributed by atoms with Crippen LogP contribution >= 0.6 is 0 Å². The molecule has 0 spiro atoms. The molecular formula is C18H19N3O4. The summed E-state index contributed by atoms with van der Waals surface area (Å²) in [6, 6.07) is 11.8. The third-order valence-electron chi connectivity index (χ3n) is 3.26. The summed E-state index contributed by atoms with van der Waals surface area (Å²) in [6.45, 7) is 1.40. The number of ether oxygens (including phenoxy) is 2. The smallest absolute Gasteiger partial charge is 0.271 e. The van der Waals surface area contributed by atoms with E-state index in [9.17, 15) is 9.59 Å². The van der Waals surface area contributed by atoms with Crippen LogP contribution in [-0.2, 0) is 4.79 Å². The number of amides is 2. The second-order valence-corrected chi connectivity index (χ2v) is 5.07. The van der Waals surface area contributed by atoms with Crippen LogP contribution in [0.4, 0.5) is 5.69 Å². The van der Waals surface area contributed by atoms with E-state index in [1.165, 1.54) is 20.2 Å². The normalized spacial score (nSPS) is 10.4. The van der Waals surface area contributed by atoms with Gasteiger partial charge in [0.05, 0.1) is 20.4 Å². The zero-order valence-electron chi connectivity index (χ0n) is 14.2. The predicted molar refractivity (Wildman–Crippen MR) is 95.4 cm³/mol. The van der Waals surface area contributed by atoms with Crippen molar-refractivity contribution in [1.29, 1.82) is 0 Å². The zero-order chi connectivity index (χ0) is 18.2. The van der Waals surface area contributed by atoms with Crippen molar-refractivity contribution in [3.05, 3.63) is 53.6 Å². The fourth-order valence-electron chi connectivity index (χ4n) is 2.09. The number of carbonyl (C=O) groups is 2. The van der Waals surface area contributed by atoms with E-state index < -0.39 is 5.91 Å². The first kappa shape index (κ1) is 18.0. The molecule has 2 amide bonds.